The number of benzene rings is 2. The molecule has 0 saturated carbocycles. The van der Waals surface area contributed by atoms with E-state index in [1.165, 1.54) is 25.3 Å². The monoisotopic (exact) mass is 453 g/mol. The predicted molar refractivity (Wildman–Crippen MR) is 105 cm³/mol. The second-order valence-electron chi connectivity index (χ2n) is 5.41. The first kappa shape index (κ1) is 18.8. The van der Waals surface area contributed by atoms with Crippen LogP contribution < -0.4 is 4.74 Å². The van der Waals surface area contributed by atoms with Gasteiger partial charge in [-0.2, -0.15) is 0 Å². The zero-order chi connectivity index (χ0) is 18.8. The molecule has 0 radical (unpaired) electrons. The van der Waals surface area contributed by atoms with Gasteiger partial charge in [-0.3, -0.25) is 14.5 Å². The Morgan fingerprint density at radius 3 is 2.73 bits per heavy atom. The van der Waals surface area contributed by atoms with Crippen molar-refractivity contribution in [2.24, 2.45) is 0 Å². The summed E-state index contributed by atoms with van der Waals surface area (Å²) in [5.74, 6) is -0.375. The van der Waals surface area contributed by atoms with Crippen molar-refractivity contribution >= 4 is 56.5 Å². The molecule has 0 aromatic heterocycles. The summed E-state index contributed by atoms with van der Waals surface area (Å²) in [5, 5.41) is 10.2. The van der Waals surface area contributed by atoms with Crippen molar-refractivity contribution in [1.29, 1.82) is 0 Å². The minimum Gasteiger partial charge on any atom is -0.504 e. The van der Waals surface area contributed by atoms with E-state index in [4.69, 9.17) is 16.3 Å². The molecule has 1 aliphatic heterocycles. The molecule has 0 spiro atoms. The molecule has 2 aromatic rings. The second kappa shape index (κ2) is 7.73. The number of nitrogens with zero attached hydrogens (tertiary/aromatic N) is 1. The van der Waals surface area contributed by atoms with Crippen LogP contribution >= 0.6 is 39.3 Å². The van der Waals surface area contributed by atoms with Gasteiger partial charge >= 0.3 is 0 Å². The number of phenolic OH excluding ortho intramolecular Hbond substituents is 1. The molecule has 0 bridgehead atoms. The Hall–Kier alpha value is -1.96. The van der Waals surface area contributed by atoms with Gasteiger partial charge in [0.05, 0.1) is 18.6 Å². The third kappa shape index (κ3) is 3.75. The average molecular weight is 455 g/mol. The van der Waals surface area contributed by atoms with Gasteiger partial charge in [0.2, 0.25) is 0 Å². The molecule has 134 valence electrons. The summed E-state index contributed by atoms with van der Waals surface area (Å²) in [6.07, 6.45) is 1.44. The van der Waals surface area contributed by atoms with Gasteiger partial charge in [-0.1, -0.05) is 45.7 Å². The maximum atomic E-state index is 12.6. The molecule has 0 unspecified atom stereocenters. The number of phenols is 1. The number of methoxy groups -OCH3 is 1. The van der Waals surface area contributed by atoms with E-state index < -0.39 is 5.91 Å². The van der Waals surface area contributed by atoms with Gasteiger partial charge in [0, 0.05) is 21.1 Å². The first-order valence-electron chi connectivity index (χ1n) is 7.46. The number of halogens is 2. The van der Waals surface area contributed by atoms with Crippen molar-refractivity contribution in [1.82, 2.24) is 4.90 Å². The molecule has 5 nitrogen and oxygen atoms in total. The van der Waals surface area contributed by atoms with Crippen LogP contribution in [-0.2, 0) is 11.3 Å². The van der Waals surface area contributed by atoms with E-state index in [2.05, 4.69) is 15.9 Å². The lowest BCUT2D eigenvalue weighted by Gasteiger charge is -2.13. The number of carbonyl (C=O) groups is 2. The number of hydrogen-bond donors (Lipinski definition) is 1. The smallest absolute Gasteiger partial charge is 0.293 e. The first-order chi connectivity index (χ1) is 12.4. The normalized spacial score (nSPS) is 15.8. The maximum Gasteiger partial charge on any atom is 0.293 e. The van der Waals surface area contributed by atoms with Gasteiger partial charge in [-0.15, -0.1) is 0 Å². The van der Waals surface area contributed by atoms with Gasteiger partial charge in [-0.05, 0) is 35.5 Å². The number of aromatic hydroxyl groups is 1. The fourth-order valence-corrected chi connectivity index (χ4v) is 3.89. The SMILES string of the molecule is COc1cc(Cl)cc(/C=C2\SC(=O)N(Cc3ccccc3Br)C2=O)c1O. The zero-order valence-electron chi connectivity index (χ0n) is 13.5. The Labute approximate surface area is 167 Å². The van der Waals surface area contributed by atoms with Crippen LogP contribution in [0.5, 0.6) is 11.5 Å². The number of amides is 2. The van der Waals surface area contributed by atoms with Gasteiger partial charge in [0.1, 0.15) is 0 Å². The summed E-state index contributed by atoms with van der Waals surface area (Å²) in [4.78, 5) is 26.3. The Morgan fingerprint density at radius 1 is 1.31 bits per heavy atom. The molecule has 1 fully saturated rings. The highest BCUT2D eigenvalue weighted by Gasteiger charge is 2.35. The highest BCUT2D eigenvalue weighted by Crippen LogP contribution is 2.39. The van der Waals surface area contributed by atoms with Gasteiger partial charge in [-0.25, -0.2) is 0 Å². The van der Waals surface area contributed by atoms with Crippen LogP contribution in [0.1, 0.15) is 11.1 Å². The fourth-order valence-electron chi connectivity index (χ4n) is 2.43. The predicted octanol–water partition coefficient (Wildman–Crippen LogP) is 5.05. The first-order valence-corrected chi connectivity index (χ1v) is 9.44. The third-order valence-corrected chi connectivity index (χ3v) is 5.63. The van der Waals surface area contributed by atoms with Gasteiger partial charge in [0.15, 0.2) is 11.5 Å². The molecule has 2 amide bonds. The van der Waals surface area contributed by atoms with Crippen LogP contribution in [0.15, 0.2) is 45.8 Å². The van der Waals surface area contributed by atoms with E-state index >= 15 is 0 Å². The molecule has 1 N–H and O–H groups in total. The molecule has 3 rings (SSSR count). The van der Waals surface area contributed by atoms with Crippen LogP contribution in [0, 0.1) is 0 Å². The highest BCUT2D eigenvalue weighted by atomic mass is 79.9. The Morgan fingerprint density at radius 2 is 2.04 bits per heavy atom. The lowest BCUT2D eigenvalue weighted by molar-refractivity contribution is -0.123. The van der Waals surface area contributed by atoms with E-state index in [1.807, 2.05) is 24.3 Å². The standard InChI is InChI=1S/C18H13BrClNO4S/c1-25-14-8-12(20)6-11(16(14)22)7-15-17(23)21(18(24)26-15)9-10-4-2-3-5-13(10)19/h2-8,22H,9H2,1H3/b15-7-. The minimum atomic E-state index is -0.422. The number of thioether (sulfide) groups is 1. The molecule has 26 heavy (non-hydrogen) atoms. The van der Waals surface area contributed by atoms with E-state index in [1.54, 1.807) is 0 Å². The average Bonchev–Trinajstić information content (AvgIpc) is 2.87. The fraction of sp³-hybridized carbons (Fsp3) is 0.111. The minimum absolute atomic E-state index is 0.144. The topological polar surface area (TPSA) is 66.8 Å². The Kier molecular flexibility index (Phi) is 5.60. The summed E-state index contributed by atoms with van der Waals surface area (Å²) in [6, 6.07) is 10.3. The van der Waals surface area contributed by atoms with Crippen LogP contribution in [0.4, 0.5) is 4.79 Å². The number of ether oxygens (including phenoxy) is 1. The molecule has 1 aliphatic rings. The molecule has 1 heterocycles. The third-order valence-electron chi connectivity index (χ3n) is 3.74. The largest absolute Gasteiger partial charge is 0.504 e. The molecule has 8 heteroatoms. The quantitative estimate of drug-likeness (QED) is 0.655. The number of carbonyl (C=O) groups excluding carboxylic acids is 2. The lowest BCUT2D eigenvalue weighted by atomic mass is 10.1. The summed E-state index contributed by atoms with van der Waals surface area (Å²) in [5.41, 5.74) is 1.13. The van der Waals surface area contributed by atoms with Crippen LogP contribution in [0.2, 0.25) is 5.02 Å². The lowest BCUT2D eigenvalue weighted by Crippen LogP contribution is -2.27. The zero-order valence-corrected chi connectivity index (χ0v) is 16.7. The molecule has 0 atom stereocenters. The van der Waals surface area contributed by atoms with E-state index in [9.17, 15) is 14.7 Å². The summed E-state index contributed by atoms with van der Waals surface area (Å²) in [6.45, 7) is 0.161. The van der Waals surface area contributed by atoms with Crippen LogP contribution in [0.25, 0.3) is 6.08 Å². The van der Waals surface area contributed by atoms with E-state index in [0.29, 0.717) is 10.6 Å². The Balaban J connectivity index is 1.91. The molecular formula is C18H13BrClNO4S. The number of rotatable bonds is 4. The van der Waals surface area contributed by atoms with Crippen molar-refractivity contribution in [3.05, 3.63) is 61.9 Å². The summed E-state index contributed by atoms with van der Waals surface area (Å²) in [7, 11) is 1.40. The number of imide groups is 1. The van der Waals surface area contributed by atoms with E-state index in [0.717, 1.165) is 26.7 Å². The Bertz CT molecular complexity index is 931. The van der Waals surface area contributed by atoms with E-state index in [-0.39, 0.29) is 28.2 Å². The molecular weight excluding hydrogens is 442 g/mol. The van der Waals surface area contributed by atoms with Crippen LogP contribution in [0.3, 0.4) is 0 Å². The van der Waals surface area contributed by atoms with Gasteiger partial charge < -0.3 is 9.84 Å². The highest BCUT2D eigenvalue weighted by molar-refractivity contribution is 9.10. The molecule has 2 aromatic carbocycles. The molecule has 1 saturated heterocycles. The van der Waals surface area contributed by atoms with Crippen molar-refractivity contribution < 1.29 is 19.4 Å². The summed E-state index contributed by atoms with van der Waals surface area (Å²) < 4.78 is 5.87. The second-order valence-corrected chi connectivity index (χ2v) is 7.69. The van der Waals surface area contributed by atoms with Crippen molar-refractivity contribution in [3.8, 4) is 11.5 Å². The van der Waals surface area contributed by atoms with Crippen molar-refractivity contribution in [3.63, 3.8) is 0 Å². The molecule has 0 aliphatic carbocycles. The number of hydrogen-bond acceptors (Lipinski definition) is 5. The summed E-state index contributed by atoms with van der Waals surface area (Å²) >= 11 is 10.2. The van der Waals surface area contributed by atoms with Crippen LogP contribution in [-0.4, -0.2) is 28.3 Å². The van der Waals surface area contributed by atoms with Crippen molar-refractivity contribution in [2.75, 3.05) is 7.11 Å². The van der Waals surface area contributed by atoms with Crippen molar-refractivity contribution in [2.45, 2.75) is 6.54 Å². The maximum absolute atomic E-state index is 12.6. The van der Waals surface area contributed by atoms with Gasteiger partial charge in [0.25, 0.3) is 11.1 Å².